The lowest BCUT2D eigenvalue weighted by molar-refractivity contribution is -0.605. The van der Waals surface area contributed by atoms with Crippen molar-refractivity contribution in [1.82, 2.24) is 10.6 Å². The molecule has 2 N–H and O–H groups in total. The van der Waals surface area contributed by atoms with Crippen molar-refractivity contribution < 1.29 is 23.9 Å². The summed E-state index contributed by atoms with van der Waals surface area (Å²) in [7, 11) is 0. The SMILES string of the molecule is C[C@H]1[C@@H](NC(=O)NC(=O)COC(=O)c2ccc[n+]([O-])c2)CCC[C@@H]1C. The molecule has 1 saturated carbocycles. The number of nitrogens with one attached hydrogen (secondary N) is 2. The zero-order chi connectivity index (χ0) is 18.4. The van der Waals surface area contributed by atoms with Gasteiger partial charge in [-0.2, -0.15) is 4.73 Å². The molecule has 8 nitrogen and oxygen atoms in total. The van der Waals surface area contributed by atoms with Crippen molar-refractivity contribution in [1.29, 1.82) is 0 Å². The highest BCUT2D eigenvalue weighted by molar-refractivity contribution is 5.96. The van der Waals surface area contributed by atoms with E-state index in [0.29, 0.717) is 16.6 Å². The summed E-state index contributed by atoms with van der Waals surface area (Å²) in [5.41, 5.74) is 0.0276. The molecule has 1 aliphatic rings. The third-order valence-corrected chi connectivity index (χ3v) is 4.62. The highest BCUT2D eigenvalue weighted by atomic mass is 16.5. The lowest BCUT2D eigenvalue weighted by atomic mass is 9.78. The maximum atomic E-state index is 11.9. The van der Waals surface area contributed by atoms with Crippen LogP contribution in [-0.2, 0) is 9.53 Å². The Bertz CT molecular complexity index is 649. The molecule has 25 heavy (non-hydrogen) atoms. The van der Waals surface area contributed by atoms with Crippen LogP contribution < -0.4 is 15.4 Å². The standard InChI is InChI=1S/C17H23N3O5/c1-11-5-3-7-14(12(11)2)18-17(23)19-15(21)10-25-16(22)13-6-4-8-20(24)9-13/h4,6,8-9,11-12,14H,3,5,7,10H2,1-2H3,(H2,18,19,21,23)/t11-,12+,14-/m0/s1. The van der Waals surface area contributed by atoms with Crippen LogP contribution in [0, 0.1) is 17.0 Å². The van der Waals surface area contributed by atoms with E-state index in [0.717, 1.165) is 25.5 Å². The van der Waals surface area contributed by atoms with E-state index >= 15 is 0 Å². The van der Waals surface area contributed by atoms with Gasteiger partial charge in [-0.25, -0.2) is 9.59 Å². The van der Waals surface area contributed by atoms with Crippen molar-refractivity contribution in [3.63, 3.8) is 0 Å². The fourth-order valence-electron chi connectivity index (χ4n) is 2.94. The van der Waals surface area contributed by atoms with Crippen LogP contribution in [0.4, 0.5) is 4.79 Å². The Labute approximate surface area is 146 Å². The molecule has 0 unspecified atom stereocenters. The number of nitrogens with zero attached hydrogens (tertiary/aromatic N) is 1. The van der Waals surface area contributed by atoms with Gasteiger partial charge in [0.05, 0.1) is 0 Å². The molecule has 0 radical (unpaired) electrons. The van der Waals surface area contributed by atoms with E-state index < -0.39 is 24.5 Å². The van der Waals surface area contributed by atoms with Crippen molar-refractivity contribution in [2.75, 3.05) is 6.61 Å². The van der Waals surface area contributed by atoms with Gasteiger partial charge in [0, 0.05) is 12.1 Å². The highest BCUT2D eigenvalue weighted by Gasteiger charge is 2.28. The van der Waals surface area contributed by atoms with Gasteiger partial charge in [-0.15, -0.1) is 0 Å². The molecular weight excluding hydrogens is 326 g/mol. The summed E-state index contributed by atoms with van der Waals surface area (Å²) in [6.45, 7) is 3.63. The molecule has 136 valence electrons. The molecule has 2 rings (SSSR count). The molecule has 0 aliphatic heterocycles. The number of hydrogen-bond donors (Lipinski definition) is 2. The van der Waals surface area contributed by atoms with Crippen LogP contribution in [0.1, 0.15) is 43.5 Å². The fourth-order valence-corrected chi connectivity index (χ4v) is 2.94. The van der Waals surface area contributed by atoms with E-state index in [1.165, 1.54) is 18.3 Å². The van der Waals surface area contributed by atoms with Crippen LogP contribution in [0.3, 0.4) is 0 Å². The van der Waals surface area contributed by atoms with E-state index in [9.17, 15) is 19.6 Å². The van der Waals surface area contributed by atoms with Gasteiger partial charge in [-0.1, -0.05) is 26.7 Å². The number of urea groups is 1. The normalized spacial score (nSPS) is 22.7. The van der Waals surface area contributed by atoms with Gasteiger partial charge in [0.25, 0.3) is 5.91 Å². The summed E-state index contributed by atoms with van der Waals surface area (Å²) in [6.07, 6.45) is 5.32. The summed E-state index contributed by atoms with van der Waals surface area (Å²) >= 11 is 0. The smallest absolute Gasteiger partial charge is 0.344 e. The van der Waals surface area contributed by atoms with Crippen LogP contribution in [0.25, 0.3) is 0 Å². The molecular formula is C17H23N3O5. The molecule has 1 aromatic rings. The monoisotopic (exact) mass is 349 g/mol. The summed E-state index contributed by atoms with van der Waals surface area (Å²) in [4.78, 5) is 35.4. The van der Waals surface area contributed by atoms with E-state index in [1.807, 2.05) is 0 Å². The maximum Gasteiger partial charge on any atom is 0.344 e. The summed E-state index contributed by atoms with van der Waals surface area (Å²) in [6, 6.07) is 2.22. The van der Waals surface area contributed by atoms with Crippen molar-refractivity contribution in [2.45, 2.75) is 39.2 Å². The first-order valence-electron chi connectivity index (χ1n) is 8.33. The molecule has 3 atom stereocenters. The number of ether oxygens (including phenoxy) is 1. The lowest BCUT2D eigenvalue weighted by Gasteiger charge is -2.34. The predicted molar refractivity (Wildman–Crippen MR) is 88.3 cm³/mol. The van der Waals surface area contributed by atoms with Gasteiger partial charge >= 0.3 is 12.0 Å². The van der Waals surface area contributed by atoms with Crippen LogP contribution in [-0.4, -0.2) is 30.6 Å². The van der Waals surface area contributed by atoms with Crippen molar-refractivity contribution in [3.05, 3.63) is 35.3 Å². The average molecular weight is 349 g/mol. The second-order valence-electron chi connectivity index (χ2n) is 6.42. The van der Waals surface area contributed by atoms with Crippen molar-refractivity contribution in [2.24, 2.45) is 11.8 Å². The Morgan fingerprint density at radius 3 is 2.80 bits per heavy atom. The number of rotatable bonds is 4. The van der Waals surface area contributed by atoms with Crippen molar-refractivity contribution >= 4 is 17.9 Å². The molecule has 0 bridgehead atoms. The van der Waals surface area contributed by atoms with Gasteiger partial charge in [0.1, 0.15) is 5.56 Å². The highest BCUT2D eigenvalue weighted by Crippen LogP contribution is 2.29. The summed E-state index contributed by atoms with van der Waals surface area (Å²) < 4.78 is 5.25. The lowest BCUT2D eigenvalue weighted by Crippen LogP contribution is -2.49. The molecule has 1 heterocycles. The molecule has 3 amide bonds. The summed E-state index contributed by atoms with van der Waals surface area (Å²) in [5.74, 6) is -0.682. The second kappa shape index (κ2) is 8.46. The van der Waals surface area contributed by atoms with Crippen LogP contribution >= 0.6 is 0 Å². The number of hydrogen-bond acceptors (Lipinski definition) is 5. The maximum absolute atomic E-state index is 11.9. The van der Waals surface area contributed by atoms with Gasteiger partial charge in [0.15, 0.2) is 19.0 Å². The van der Waals surface area contributed by atoms with E-state index in [2.05, 4.69) is 24.5 Å². The fraction of sp³-hybridized carbons (Fsp3) is 0.529. The topological polar surface area (TPSA) is 111 Å². The molecule has 0 aromatic carbocycles. The first-order valence-corrected chi connectivity index (χ1v) is 8.33. The first-order chi connectivity index (χ1) is 11.9. The molecule has 1 aromatic heterocycles. The van der Waals surface area contributed by atoms with E-state index in [4.69, 9.17) is 4.74 Å². The first kappa shape index (κ1) is 18.7. The zero-order valence-corrected chi connectivity index (χ0v) is 14.4. The minimum absolute atomic E-state index is 0.0240. The molecule has 1 fully saturated rings. The minimum Gasteiger partial charge on any atom is -0.619 e. The number of aromatic nitrogens is 1. The quantitative estimate of drug-likeness (QED) is 0.481. The number of esters is 1. The summed E-state index contributed by atoms with van der Waals surface area (Å²) in [5, 5.41) is 16.0. The second-order valence-corrected chi connectivity index (χ2v) is 6.42. The number of carbonyl (C=O) groups excluding carboxylic acids is 3. The number of imide groups is 1. The minimum atomic E-state index is -0.810. The number of pyridine rings is 1. The number of carbonyl (C=O) groups is 3. The number of amides is 3. The Hall–Kier alpha value is -2.64. The third-order valence-electron chi connectivity index (χ3n) is 4.62. The molecule has 1 aliphatic carbocycles. The largest absolute Gasteiger partial charge is 0.619 e. The van der Waals surface area contributed by atoms with Crippen LogP contribution in [0.15, 0.2) is 24.5 Å². The van der Waals surface area contributed by atoms with Gasteiger partial charge in [-0.05, 0) is 24.3 Å². The average Bonchev–Trinajstić information content (AvgIpc) is 2.56. The molecule has 0 spiro atoms. The Balaban J connectivity index is 1.76. The van der Waals surface area contributed by atoms with E-state index in [-0.39, 0.29) is 11.6 Å². The van der Waals surface area contributed by atoms with Crippen LogP contribution in [0.2, 0.25) is 0 Å². The Morgan fingerprint density at radius 2 is 2.08 bits per heavy atom. The zero-order valence-electron chi connectivity index (χ0n) is 14.4. The van der Waals surface area contributed by atoms with Crippen molar-refractivity contribution in [3.8, 4) is 0 Å². The Morgan fingerprint density at radius 1 is 1.32 bits per heavy atom. The molecule has 0 saturated heterocycles. The molecule has 8 heteroatoms. The Kier molecular flexibility index (Phi) is 6.32. The van der Waals surface area contributed by atoms with E-state index in [1.54, 1.807) is 0 Å². The third kappa shape index (κ3) is 5.44. The van der Waals surface area contributed by atoms with Gasteiger partial charge < -0.3 is 15.3 Å². The van der Waals surface area contributed by atoms with Gasteiger partial charge in [0.2, 0.25) is 0 Å². The van der Waals surface area contributed by atoms with Crippen LogP contribution in [0.5, 0.6) is 0 Å². The van der Waals surface area contributed by atoms with Gasteiger partial charge in [-0.3, -0.25) is 10.1 Å². The predicted octanol–water partition coefficient (Wildman–Crippen LogP) is 1.13.